The molecule has 114 valence electrons. The van der Waals surface area contributed by atoms with Gasteiger partial charge in [0.15, 0.2) is 5.82 Å². The van der Waals surface area contributed by atoms with E-state index in [0.717, 1.165) is 13.2 Å². The number of aromatic nitrogens is 3. The van der Waals surface area contributed by atoms with Crippen LogP contribution in [0.2, 0.25) is 0 Å². The minimum absolute atomic E-state index is 0.211. The van der Waals surface area contributed by atoms with Gasteiger partial charge >= 0.3 is 0 Å². The van der Waals surface area contributed by atoms with Crippen molar-refractivity contribution >= 4 is 0 Å². The number of methoxy groups -OCH3 is 1. The number of morpholine rings is 1. The van der Waals surface area contributed by atoms with E-state index in [0.29, 0.717) is 31.5 Å². The third kappa shape index (κ3) is 3.15. The van der Waals surface area contributed by atoms with Crippen LogP contribution in [0.4, 0.5) is 0 Å². The minimum atomic E-state index is 0.211. The van der Waals surface area contributed by atoms with Gasteiger partial charge in [-0.25, -0.2) is 0 Å². The Morgan fingerprint density at radius 1 is 1.48 bits per heavy atom. The molecular formula is C14H20N4O3. The van der Waals surface area contributed by atoms with E-state index in [1.165, 1.54) is 5.69 Å². The average molecular weight is 292 g/mol. The van der Waals surface area contributed by atoms with Gasteiger partial charge in [-0.3, -0.25) is 4.90 Å². The van der Waals surface area contributed by atoms with Crippen LogP contribution in [0.1, 0.15) is 23.5 Å². The highest BCUT2D eigenvalue weighted by atomic mass is 16.5. The highest BCUT2D eigenvalue weighted by Crippen LogP contribution is 2.25. The van der Waals surface area contributed by atoms with E-state index in [9.17, 15) is 0 Å². The number of ether oxygens (including phenoxy) is 2. The Balaban J connectivity index is 1.73. The molecule has 0 bridgehead atoms. The Hall–Kier alpha value is -1.70. The van der Waals surface area contributed by atoms with E-state index in [4.69, 9.17) is 14.0 Å². The Kier molecular flexibility index (Phi) is 4.33. The summed E-state index contributed by atoms with van der Waals surface area (Å²) in [5, 5.41) is 4.01. The second-order valence-electron chi connectivity index (χ2n) is 5.14. The Bertz CT molecular complexity index is 580. The molecule has 0 radical (unpaired) electrons. The van der Waals surface area contributed by atoms with Gasteiger partial charge in [0.25, 0.3) is 5.89 Å². The molecule has 0 aliphatic carbocycles. The molecule has 3 heterocycles. The van der Waals surface area contributed by atoms with Gasteiger partial charge in [-0.1, -0.05) is 5.16 Å². The Morgan fingerprint density at radius 2 is 2.38 bits per heavy atom. The van der Waals surface area contributed by atoms with Crippen molar-refractivity contribution in [3.05, 3.63) is 35.7 Å². The average Bonchev–Trinajstić information content (AvgIpc) is 3.09. The number of rotatable bonds is 5. The lowest BCUT2D eigenvalue weighted by molar-refractivity contribution is -0.0165. The maximum atomic E-state index is 5.63. The van der Waals surface area contributed by atoms with Crippen molar-refractivity contribution in [3.63, 3.8) is 0 Å². The Labute approximate surface area is 123 Å². The molecule has 0 amide bonds. The predicted molar refractivity (Wildman–Crippen MR) is 74.4 cm³/mol. The fourth-order valence-corrected chi connectivity index (χ4v) is 2.64. The summed E-state index contributed by atoms with van der Waals surface area (Å²) in [5.74, 6) is 1.19. The summed E-state index contributed by atoms with van der Waals surface area (Å²) in [6, 6.07) is 4.38. The van der Waals surface area contributed by atoms with Crippen LogP contribution in [0.3, 0.4) is 0 Å². The standard InChI is InChI=1S/C14H20N4O3/c1-17-5-3-4-11(17)12-9-20-7-6-18(12)8-13-15-14(10-19-2)21-16-13/h3-5,12H,6-10H2,1-2H3/t12-/m0/s1. The molecule has 7 heteroatoms. The smallest absolute Gasteiger partial charge is 0.252 e. The lowest BCUT2D eigenvalue weighted by Gasteiger charge is -2.35. The number of hydrogen-bond donors (Lipinski definition) is 0. The van der Waals surface area contributed by atoms with Crippen molar-refractivity contribution in [3.8, 4) is 0 Å². The normalized spacial score (nSPS) is 20.0. The van der Waals surface area contributed by atoms with Crippen LogP contribution in [-0.2, 0) is 29.7 Å². The zero-order valence-electron chi connectivity index (χ0n) is 12.4. The van der Waals surface area contributed by atoms with E-state index >= 15 is 0 Å². The zero-order valence-corrected chi connectivity index (χ0v) is 12.4. The molecule has 7 nitrogen and oxygen atoms in total. The second-order valence-corrected chi connectivity index (χ2v) is 5.14. The number of hydrogen-bond acceptors (Lipinski definition) is 6. The third-order valence-corrected chi connectivity index (χ3v) is 3.69. The molecule has 2 aromatic rings. The highest BCUT2D eigenvalue weighted by Gasteiger charge is 2.27. The minimum Gasteiger partial charge on any atom is -0.378 e. The van der Waals surface area contributed by atoms with Crippen molar-refractivity contribution in [2.75, 3.05) is 26.9 Å². The van der Waals surface area contributed by atoms with Crippen molar-refractivity contribution in [2.24, 2.45) is 7.05 Å². The van der Waals surface area contributed by atoms with Crippen LogP contribution in [0.5, 0.6) is 0 Å². The van der Waals surface area contributed by atoms with Gasteiger partial charge in [0.05, 0.1) is 25.8 Å². The summed E-state index contributed by atoms with van der Waals surface area (Å²) in [6.45, 7) is 3.25. The van der Waals surface area contributed by atoms with E-state index in [1.807, 2.05) is 19.3 Å². The van der Waals surface area contributed by atoms with Crippen LogP contribution in [-0.4, -0.2) is 46.5 Å². The zero-order chi connectivity index (χ0) is 14.7. The quantitative estimate of drug-likeness (QED) is 0.823. The first-order valence-electron chi connectivity index (χ1n) is 7.01. The second kappa shape index (κ2) is 6.38. The fourth-order valence-electron chi connectivity index (χ4n) is 2.64. The lowest BCUT2D eigenvalue weighted by Crippen LogP contribution is -2.40. The van der Waals surface area contributed by atoms with E-state index in [-0.39, 0.29) is 6.04 Å². The Morgan fingerprint density at radius 3 is 3.14 bits per heavy atom. The van der Waals surface area contributed by atoms with Gasteiger partial charge in [0, 0.05) is 32.6 Å². The molecule has 2 aromatic heterocycles. The molecule has 21 heavy (non-hydrogen) atoms. The molecule has 1 aliphatic rings. The van der Waals surface area contributed by atoms with Crippen LogP contribution in [0.15, 0.2) is 22.9 Å². The molecule has 0 unspecified atom stereocenters. The van der Waals surface area contributed by atoms with Crippen molar-refractivity contribution in [2.45, 2.75) is 19.2 Å². The monoisotopic (exact) mass is 292 g/mol. The molecule has 1 atom stereocenters. The summed E-state index contributed by atoms with van der Waals surface area (Å²) >= 11 is 0. The van der Waals surface area contributed by atoms with Crippen molar-refractivity contribution < 1.29 is 14.0 Å². The first kappa shape index (κ1) is 14.2. The van der Waals surface area contributed by atoms with E-state index in [1.54, 1.807) is 7.11 Å². The van der Waals surface area contributed by atoms with Crippen LogP contribution >= 0.6 is 0 Å². The van der Waals surface area contributed by atoms with E-state index in [2.05, 4.69) is 25.7 Å². The SMILES string of the molecule is COCc1nc(CN2CCOC[C@H]2c2cccn2C)no1. The molecule has 0 aromatic carbocycles. The third-order valence-electron chi connectivity index (χ3n) is 3.69. The van der Waals surface area contributed by atoms with Gasteiger partial charge < -0.3 is 18.6 Å². The molecule has 1 fully saturated rings. The molecule has 3 rings (SSSR count). The van der Waals surface area contributed by atoms with E-state index < -0.39 is 0 Å². The molecule has 0 saturated carbocycles. The molecule has 0 N–H and O–H groups in total. The number of nitrogens with zero attached hydrogens (tertiary/aromatic N) is 4. The summed E-state index contributed by atoms with van der Waals surface area (Å²) in [5.41, 5.74) is 1.23. The summed E-state index contributed by atoms with van der Waals surface area (Å²) < 4.78 is 17.9. The van der Waals surface area contributed by atoms with Crippen molar-refractivity contribution in [1.29, 1.82) is 0 Å². The van der Waals surface area contributed by atoms with Crippen LogP contribution in [0.25, 0.3) is 0 Å². The summed E-state index contributed by atoms with van der Waals surface area (Å²) in [6.07, 6.45) is 2.05. The summed E-state index contributed by atoms with van der Waals surface area (Å²) in [7, 11) is 3.66. The van der Waals surface area contributed by atoms with Crippen LogP contribution in [0, 0.1) is 0 Å². The first-order chi connectivity index (χ1) is 10.3. The molecule has 1 aliphatic heterocycles. The highest BCUT2D eigenvalue weighted by molar-refractivity contribution is 5.13. The predicted octanol–water partition coefficient (Wildman–Crippen LogP) is 1.13. The van der Waals surface area contributed by atoms with Gasteiger partial charge in [0.1, 0.15) is 6.61 Å². The van der Waals surface area contributed by atoms with Crippen molar-refractivity contribution in [1.82, 2.24) is 19.6 Å². The van der Waals surface area contributed by atoms with Gasteiger partial charge in [-0.05, 0) is 12.1 Å². The maximum absolute atomic E-state index is 5.63. The first-order valence-corrected chi connectivity index (χ1v) is 7.01. The van der Waals surface area contributed by atoms with Gasteiger partial charge in [-0.15, -0.1) is 0 Å². The summed E-state index contributed by atoms with van der Waals surface area (Å²) in [4.78, 5) is 6.66. The van der Waals surface area contributed by atoms with Gasteiger partial charge in [0.2, 0.25) is 0 Å². The molecule has 1 saturated heterocycles. The topological polar surface area (TPSA) is 65.6 Å². The largest absolute Gasteiger partial charge is 0.378 e. The van der Waals surface area contributed by atoms with Crippen LogP contribution < -0.4 is 0 Å². The molecular weight excluding hydrogens is 272 g/mol. The number of aryl methyl sites for hydroxylation is 1. The fraction of sp³-hybridized carbons (Fsp3) is 0.571. The molecule has 0 spiro atoms. The lowest BCUT2D eigenvalue weighted by atomic mass is 10.1. The maximum Gasteiger partial charge on any atom is 0.252 e. The van der Waals surface area contributed by atoms with Gasteiger partial charge in [-0.2, -0.15) is 4.98 Å².